The molecule has 8 heteroatoms. The molecule has 2 rings (SSSR count). The second-order valence-corrected chi connectivity index (χ2v) is 4.79. The molecule has 1 heterocycles. The Morgan fingerprint density at radius 1 is 1.35 bits per heavy atom. The zero-order valence-corrected chi connectivity index (χ0v) is 11.8. The van der Waals surface area contributed by atoms with Crippen molar-refractivity contribution < 1.29 is 4.79 Å². The maximum absolute atomic E-state index is 11.7. The molecular formula is C12H10Cl2N4O2. The van der Waals surface area contributed by atoms with Gasteiger partial charge in [-0.2, -0.15) is 5.10 Å². The Labute approximate surface area is 123 Å². The third kappa shape index (κ3) is 3.09. The molecule has 0 saturated heterocycles. The summed E-state index contributed by atoms with van der Waals surface area (Å²) in [6.45, 7) is 1.53. The Kier molecular flexibility index (Phi) is 4.26. The number of benzene rings is 1. The first-order valence-electron chi connectivity index (χ1n) is 5.54. The predicted molar refractivity (Wildman–Crippen MR) is 77.7 cm³/mol. The molecule has 0 saturated carbocycles. The van der Waals surface area contributed by atoms with E-state index >= 15 is 0 Å². The van der Waals surface area contributed by atoms with E-state index in [1.807, 2.05) is 0 Å². The number of hydrogen-bond acceptors (Lipinski definition) is 3. The summed E-state index contributed by atoms with van der Waals surface area (Å²) in [7, 11) is 0. The minimum atomic E-state index is -0.526. The van der Waals surface area contributed by atoms with Crippen LogP contribution in [0.3, 0.4) is 0 Å². The van der Waals surface area contributed by atoms with Crippen molar-refractivity contribution in [2.75, 3.05) is 0 Å². The fraction of sp³-hybridized carbons (Fsp3) is 0.0833. The average molecular weight is 313 g/mol. The van der Waals surface area contributed by atoms with Crippen molar-refractivity contribution in [2.24, 2.45) is 5.10 Å². The lowest BCUT2D eigenvalue weighted by atomic mass is 10.2. The molecule has 0 aliphatic heterocycles. The molecule has 1 aromatic carbocycles. The Hall–Kier alpha value is -2.05. The van der Waals surface area contributed by atoms with E-state index in [0.717, 1.165) is 0 Å². The van der Waals surface area contributed by atoms with E-state index in [-0.39, 0.29) is 11.3 Å². The monoisotopic (exact) mass is 312 g/mol. The normalized spacial score (nSPS) is 10.9. The van der Waals surface area contributed by atoms with Gasteiger partial charge in [0.25, 0.3) is 11.5 Å². The maximum Gasteiger partial charge on any atom is 0.289 e. The van der Waals surface area contributed by atoms with Crippen LogP contribution in [-0.2, 0) is 0 Å². The minimum absolute atomic E-state index is 0.134. The summed E-state index contributed by atoms with van der Waals surface area (Å²) in [5.74, 6) is -0.526. The summed E-state index contributed by atoms with van der Waals surface area (Å²) in [4.78, 5) is 22.9. The zero-order chi connectivity index (χ0) is 14.7. The van der Waals surface area contributed by atoms with E-state index in [1.54, 1.807) is 18.2 Å². The molecule has 0 aliphatic carbocycles. The largest absolute Gasteiger partial charge is 0.293 e. The number of hydrogen-bond donors (Lipinski definition) is 3. The third-order valence-electron chi connectivity index (χ3n) is 2.58. The SMILES string of the molecule is Cc1c(C(=O)N/N=C/c2ccc(Cl)cc2Cl)[nH][nH]c1=O. The first kappa shape index (κ1) is 14.4. The molecule has 0 atom stereocenters. The van der Waals surface area contributed by atoms with Gasteiger partial charge in [-0.05, 0) is 19.1 Å². The minimum Gasteiger partial charge on any atom is -0.293 e. The van der Waals surface area contributed by atoms with Crippen LogP contribution in [0.15, 0.2) is 28.1 Å². The summed E-state index contributed by atoms with van der Waals surface area (Å²) in [6, 6.07) is 4.90. The van der Waals surface area contributed by atoms with E-state index in [2.05, 4.69) is 20.7 Å². The molecule has 1 amide bonds. The Morgan fingerprint density at radius 3 is 2.70 bits per heavy atom. The number of H-pyrrole nitrogens is 2. The van der Waals surface area contributed by atoms with Crippen molar-refractivity contribution in [3.05, 3.63) is 55.4 Å². The number of rotatable bonds is 3. The van der Waals surface area contributed by atoms with Gasteiger partial charge < -0.3 is 0 Å². The number of aromatic nitrogens is 2. The van der Waals surface area contributed by atoms with Crippen LogP contribution in [0.4, 0.5) is 0 Å². The molecule has 0 aliphatic rings. The van der Waals surface area contributed by atoms with Crippen molar-refractivity contribution in [2.45, 2.75) is 6.92 Å². The van der Waals surface area contributed by atoms with Crippen LogP contribution >= 0.6 is 23.2 Å². The van der Waals surface area contributed by atoms with Crippen molar-refractivity contribution in [1.29, 1.82) is 0 Å². The summed E-state index contributed by atoms with van der Waals surface area (Å²) in [5, 5.41) is 9.49. The summed E-state index contributed by atoms with van der Waals surface area (Å²) in [5.41, 5.74) is 2.98. The third-order valence-corrected chi connectivity index (χ3v) is 3.14. The van der Waals surface area contributed by atoms with E-state index in [4.69, 9.17) is 23.2 Å². The first-order valence-corrected chi connectivity index (χ1v) is 6.30. The Balaban J connectivity index is 2.08. The van der Waals surface area contributed by atoms with Crippen LogP contribution in [0.5, 0.6) is 0 Å². The van der Waals surface area contributed by atoms with Crippen LogP contribution in [0.1, 0.15) is 21.6 Å². The number of halogens is 2. The molecule has 104 valence electrons. The van der Waals surface area contributed by atoms with E-state index in [0.29, 0.717) is 21.2 Å². The lowest BCUT2D eigenvalue weighted by molar-refractivity contribution is 0.0949. The summed E-state index contributed by atoms with van der Waals surface area (Å²) in [6.07, 6.45) is 1.39. The van der Waals surface area contributed by atoms with Crippen LogP contribution in [0.25, 0.3) is 0 Å². The van der Waals surface area contributed by atoms with Gasteiger partial charge in [-0.3, -0.25) is 19.8 Å². The highest BCUT2D eigenvalue weighted by atomic mass is 35.5. The maximum atomic E-state index is 11.7. The van der Waals surface area contributed by atoms with Crippen molar-refractivity contribution in [1.82, 2.24) is 15.6 Å². The molecule has 2 aromatic rings. The second kappa shape index (κ2) is 5.94. The molecule has 20 heavy (non-hydrogen) atoms. The van der Waals surface area contributed by atoms with Gasteiger partial charge in [0.15, 0.2) is 0 Å². The number of nitrogens with zero attached hydrogens (tertiary/aromatic N) is 1. The molecule has 6 nitrogen and oxygen atoms in total. The molecule has 0 fully saturated rings. The smallest absolute Gasteiger partial charge is 0.289 e. The summed E-state index contributed by atoms with van der Waals surface area (Å²) >= 11 is 11.7. The lowest BCUT2D eigenvalue weighted by Gasteiger charge is -1.99. The highest BCUT2D eigenvalue weighted by Gasteiger charge is 2.12. The number of hydrazone groups is 1. The van der Waals surface area contributed by atoms with Crippen molar-refractivity contribution in [3.8, 4) is 0 Å². The van der Waals surface area contributed by atoms with Gasteiger partial charge in [0.2, 0.25) is 0 Å². The molecular weight excluding hydrogens is 303 g/mol. The standard InChI is InChI=1S/C12H10Cl2N4O2/c1-6-10(16-18-11(6)19)12(20)17-15-5-7-2-3-8(13)4-9(7)14/h2-5H,1H3,(H,17,20)(H2,16,18,19)/b15-5+. The van der Waals surface area contributed by atoms with Gasteiger partial charge in [-0.1, -0.05) is 29.3 Å². The van der Waals surface area contributed by atoms with Crippen LogP contribution in [0, 0.1) is 6.92 Å². The number of amides is 1. The fourth-order valence-corrected chi connectivity index (χ4v) is 1.93. The zero-order valence-electron chi connectivity index (χ0n) is 10.3. The van der Waals surface area contributed by atoms with E-state index < -0.39 is 5.91 Å². The molecule has 1 aromatic heterocycles. The topological polar surface area (TPSA) is 90.1 Å². The van der Waals surface area contributed by atoms with Crippen LogP contribution < -0.4 is 11.0 Å². The number of carbonyl (C=O) groups is 1. The predicted octanol–water partition coefficient (Wildman–Crippen LogP) is 2.08. The van der Waals surface area contributed by atoms with Gasteiger partial charge in [-0.15, -0.1) is 0 Å². The molecule has 0 spiro atoms. The fourth-order valence-electron chi connectivity index (χ4n) is 1.47. The average Bonchev–Trinajstić information content (AvgIpc) is 2.72. The Morgan fingerprint density at radius 2 is 2.10 bits per heavy atom. The highest BCUT2D eigenvalue weighted by molar-refractivity contribution is 6.36. The van der Waals surface area contributed by atoms with Gasteiger partial charge in [0, 0.05) is 16.1 Å². The summed E-state index contributed by atoms with van der Waals surface area (Å²) < 4.78 is 0. The van der Waals surface area contributed by atoms with E-state index in [1.165, 1.54) is 13.1 Å². The quantitative estimate of drug-likeness (QED) is 0.598. The molecule has 0 unspecified atom stereocenters. The van der Waals surface area contributed by atoms with Gasteiger partial charge in [0.1, 0.15) is 5.69 Å². The first-order chi connectivity index (χ1) is 9.49. The van der Waals surface area contributed by atoms with Gasteiger partial charge in [0.05, 0.1) is 11.2 Å². The lowest BCUT2D eigenvalue weighted by Crippen LogP contribution is -2.19. The Bertz CT molecular complexity index is 733. The molecule has 3 N–H and O–H groups in total. The molecule has 0 bridgehead atoms. The van der Waals surface area contributed by atoms with Crippen molar-refractivity contribution >= 4 is 35.3 Å². The van der Waals surface area contributed by atoms with Gasteiger partial charge >= 0.3 is 0 Å². The second-order valence-electron chi connectivity index (χ2n) is 3.94. The number of aromatic amines is 2. The van der Waals surface area contributed by atoms with Gasteiger partial charge in [-0.25, -0.2) is 5.43 Å². The highest BCUT2D eigenvalue weighted by Crippen LogP contribution is 2.19. The number of carbonyl (C=O) groups excluding carboxylic acids is 1. The van der Waals surface area contributed by atoms with Crippen LogP contribution in [0.2, 0.25) is 10.0 Å². The molecule has 0 radical (unpaired) electrons. The van der Waals surface area contributed by atoms with Crippen molar-refractivity contribution in [3.63, 3.8) is 0 Å². The van der Waals surface area contributed by atoms with E-state index in [9.17, 15) is 9.59 Å². The van der Waals surface area contributed by atoms with Crippen LogP contribution in [-0.4, -0.2) is 22.3 Å². The number of nitrogens with one attached hydrogen (secondary N) is 3.